The van der Waals surface area contributed by atoms with Crippen molar-refractivity contribution in [3.8, 4) is 0 Å². The van der Waals surface area contributed by atoms with Gasteiger partial charge in [0.1, 0.15) is 0 Å². The topological polar surface area (TPSA) is 35.6 Å². The number of rotatable bonds is 5. The molecular formula is C22H29N3O. The first-order valence-electron chi connectivity index (χ1n) is 9.47. The Hall–Kier alpha value is -2.17. The van der Waals surface area contributed by atoms with E-state index in [-0.39, 0.29) is 5.91 Å². The van der Waals surface area contributed by atoms with E-state index in [1.54, 1.807) is 0 Å². The molecule has 1 aliphatic heterocycles. The van der Waals surface area contributed by atoms with Gasteiger partial charge in [0.05, 0.1) is 0 Å². The molecule has 26 heavy (non-hydrogen) atoms. The molecule has 2 aromatic carbocycles. The number of hydrogen-bond donors (Lipinski definition) is 1. The summed E-state index contributed by atoms with van der Waals surface area (Å²) in [6, 6.07) is 14.0. The Kier molecular flexibility index (Phi) is 6.07. The van der Waals surface area contributed by atoms with Crippen LogP contribution in [0.5, 0.6) is 0 Å². The summed E-state index contributed by atoms with van der Waals surface area (Å²) in [4.78, 5) is 17.4. The highest BCUT2D eigenvalue weighted by Gasteiger charge is 2.15. The SMILES string of the molecule is CCN1CCN(Cc2ccc(NC(=O)c3ccc(C)c(C)c3)cc2)CC1. The number of hydrogen-bond acceptors (Lipinski definition) is 3. The van der Waals surface area contributed by atoms with Gasteiger partial charge in [-0.2, -0.15) is 0 Å². The van der Waals surface area contributed by atoms with Crippen molar-refractivity contribution in [1.29, 1.82) is 0 Å². The van der Waals surface area contributed by atoms with Gasteiger partial charge in [0.25, 0.3) is 5.91 Å². The summed E-state index contributed by atoms with van der Waals surface area (Å²) < 4.78 is 0. The van der Waals surface area contributed by atoms with Crippen molar-refractivity contribution in [2.75, 3.05) is 38.0 Å². The molecule has 0 spiro atoms. The van der Waals surface area contributed by atoms with E-state index in [2.05, 4.69) is 41.1 Å². The summed E-state index contributed by atoms with van der Waals surface area (Å²) in [6.07, 6.45) is 0. The van der Waals surface area contributed by atoms with Gasteiger partial charge in [-0.3, -0.25) is 9.69 Å². The molecule has 0 unspecified atom stereocenters. The van der Waals surface area contributed by atoms with E-state index in [1.807, 2.05) is 37.3 Å². The maximum atomic E-state index is 12.4. The fourth-order valence-corrected chi connectivity index (χ4v) is 3.30. The summed E-state index contributed by atoms with van der Waals surface area (Å²) in [6.45, 7) is 13.0. The number of amides is 1. The Balaban J connectivity index is 1.55. The molecule has 4 nitrogen and oxygen atoms in total. The van der Waals surface area contributed by atoms with Crippen molar-refractivity contribution in [3.05, 3.63) is 64.7 Å². The Morgan fingerprint density at radius 2 is 1.58 bits per heavy atom. The monoisotopic (exact) mass is 351 g/mol. The molecule has 1 fully saturated rings. The zero-order valence-corrected chi connectivity index (χ0v) is 16.1. The number of carbonyl (C=O) groups is 1. The second-order valence-corrected chi connectivity index (χ2v) is 7.16. The molecule has 3 rings (SSSR count). The number of nitrogens with one attached hydrogen (secondary N) is 1. The van der Waals surface area contributed by atoms with Gasteiger partial charge in [-0.15, -0.1) is 0 Å². The first kappa shape index (κ1) is 18.6. The first-order chi connectivity index (χ1) is 12.5. The summed E-state index contributed by atoms with van der Waals surface area (Å²) in [5.74, 6) is -0.0588. The Morgan fingerprint density at radius 3 is 2.19 bits per heavy atom. The number of nitrogens with zero attached hydrogens (tertiary/aromatic N) is 2. The van der Waals surface area contributed by atoms with Crippen LogP contribution in [0, 0.1) is 13.8 Å². The summed E-state index contributed by atoms with van der Waals surface area (Å²) in [7, 11) is 0. The van der Waals surface area contributed by atoms with Gasteiger partial charge in [-0.05, 0) is 61.3 Å². The van der Waals surface area contributed by atoms with E-state index in [0.717, 1.165) is 50.5 Å². The highest BCUT2D eigenvalue weighted by Crippen LogP contribution is 2.15. The summed E-state index contributed by atoms with van der Waals surface area (Å²) in [5.41, 5.74) is 5.17. The van der Waals surface area contributed by atoms with Crippen LogP contribution in [0.4, 0.5) is 5.69 Å². The van der Waals surface area contributed by atoms with Crippen LogP contribution in [0.25, 0.3) is 0 Å². The number of benzene rings is 2. The largest absolute Gasteiger partial charge is 0.322 e. The average Bonchev–Trinajstić information content (AvgIpc) is 2.66. The third-order valence-electron chi connectivity index (χ3n) is 5.30. The van der Waals surface area contributed by atoms with Gasteiger partial charge in [0, 0.05) is 44.0 Å². The predicted molar refractivity (Wildman–Crippen MR) is 108 cm³/mol. The zero-order valence-electron chi connectivity index (χ0n) is 16.1. The smallest absolute Gasteiger partial charge is 0.255 e. The van der Waals surface area contributed by atoms with Crippen molar-refractivity contribution in [2.24, 2.45) is 0 Å². The van der Waals surface area contributed by atoms with Crippen LogP contribution < -0.4 is 5.32 Å². The van der Waals surface area contributed by atoms with Crippen molar-refractivity contribution < 1.29 is 4.79 Å². The lowest BCUT2D eigenvalue weighted by atomic mass is 10.1. The van der Waals surface area contributed by atoms with Crippen LogP contribution in [0.2, 0.25) is 0 Å². The Morgan fingerprint density at radius 1 is 0.923 bits per heavy atom. The van der Waals surface area contributed by atoms with Gasteiger partial charge in [-0.1, -0.05) is 25.1 Å². The standard InChI is InChI=1S/C22H29N3O/c1-4-24-11-13-25(14-12-24)16-19-6-9-21(10-7-19)23-22(26)20-8-5-17(2)18(3)15-20/h5-10,15H,4,11-14,16H2,1-3H3,(H,23,26). The van der Waals surface area contributed by atoms with Gasteiger partial charge < -0.3 is 10.2 Å². The van der Waals surface area contributed by atoms with Crippen LogP contribution in [0.15, 0.2) is 42.5 Å². The fraction of sp³-hybridized carbons (Fsp3) is 0.409. The molecule has 1 aliphatic rings. The van der Waals surface area contributed by atoms with Gasteiger partial charge in [0.15, 0.2) is 0 Å². The molecule has 1 N–H and O–H groups in total. The van der Waals surface area contributed by atoms with Crippen molar-refractivity contribution >= 4 is 11.6 Å². The minimum atomic E-state index is -0.0588. The maximum absolute atomic E-state index is 12.4. The average molecular weight is 351 g/mol. The number of carbonyl (C=O) groups excluding carboxylic acids is 1. The normalized spacial score (nSPS) is 15.8. The number of anilines is 1. The summed E-state index contributed by atoms with van der Waals surface area (Å²) >= 11 is 0. The second-order valence-electron chi connectivity index (χ2n) is 7.16. The van der Waals surface area contributed by atoms with Crippen LogP contribution in [-0.2, 0) is 6.54 Å². The number of likely N-dealkylation sites (N-methyl/N-ethyl adjacent to an activating group) is 1. The molecule has 138 valence electrons. The van der Waals surface area contributed by atoms with Crippen molar-refractivity contribution in [3.63, 3.8) is 0 Å². The molecule has 0 aliphatic carbocycles. The Labute approximate surface area is 156 Å². The molecular weight excluding hydrogens is 322 g/mol. The number of piperazine rings is 1. The minimum absolute atomic E-state index is 0.0588. The van der Waals surface area contributed by atoms with Crippen LogP contribution in [0.3, 0.4) is 0 Å². The Bertz CT molecular complexity index is 746. The lowest BCUT2D eigenvalue weighted by Crippen LogP contribution is -2.45. The van der Waals surface area contributed by atoms with E-state index < -0.39 is 0 Å². The predicted octanol–water partition coefficient (Wildman–Crippen LogP) is 3.69. The van der Waals surface area contributed by atoms with Crippen molar-refractivity contribution in [2.45, 2.75) is 27.3 Å². The lowest BCUT2D eigenvalue weighted by Gasteiger charge is -2.34. The number of aryl methyl sites for hydroxylation is 2. The summed E-state index contributed by atoms with van der Waals surface area (Å²) in [5, 5.41) is 2.99. The molecule has 1 heterocycles. The lowest BCUT2D eigenvalue weighted by molar-refractivity contribution is 0.102. The van der Waals surface area contributed by atoms with Crippen LogP contribution in [0.1, 0.15) is 34.0 Å². The molecule has 4 heteroatoms. The molecule has 2 aromatic rings. The molecule has 0 atom stereocenters. The van der Waals surface area contributed by atoms with E-state index in [0.29, 0.717) is 5.56 Å². The van der Waals surface area contributed by atoms with Crippen LogP contribution >= 0.6 is 0 Å². The molecule has 1 saturated heterocycles. The van der Waals surface area contributed by atoms with E-state index in [4.69, 9.17) is 0 Å². The minimum Gasteiger partial charge on any atom is -0.322 e. The molecule has 0 radical (unpaired) electrons. The van der Waals surface area contributed by atoms with Gasteiger partial charge >= 0.3 is 0 Å². The second kappa shape index (κ2) is 8.47. The highest BCUT2D eigenvalue weighted by atomic mass is 16.1. The molecule has 1 amide bonds. The molecule has 0 bridgehead atoms. The maximum Gasteiger partial charge on any atom is 0.255 e. The van der Waals surface area contributed by atoms with E-state index in [1.165, 1.54) is 11.1 Å². The zero-order chi connectivity index (χ0) is 18.5. The quantitative estimate of drug-likeness (QED) is 0.892. The fourth-order valence-electron chi connectivity index (χ4n) is 3.30. The third kappa shape index (κ3) is 4.71. The highest BCUT2D eigenvalue weighted by molar-refractivity contribution is 6.04. The van der Waals surface area contributed by atoms with Gasteiger partial charge in [-0.25, -0.2) is 0 Å². The van der Waals surface area contributed by atoms with E-state index in [9.17, 15) is 4.79 Å². The first-order valence-corrected chi connectivity index (χ1v) is 9.47. The van der Waals surface area contributed by atoms with Gasteiger partial charge in [0.2, 0.25) is 0 Å². The van der Waals surface area contributed by atoms with Crippen LogP contribution in [-0.4, -0.2) is 48.4 Å². The third-order valence-corrected chi connectivity index (χ3v) is 5.30. The van der Waals surface area contributed by atoms with Crippen molar-refractivity contribution in [1.82, 2.24) is 9.80 Å². The molecule has 0 saturated carbocycles. The van der Waals surface area contributed by atoms with E-state index >= 15 is 0 Å². The molecule has 0 aromatic heterocycles.